The molecule has 3 heterocycles. The van der Waals surface area contributed by atoms with Gasteiger partial charge in [0.25, 0.3) is 11.8 Å². The van der Waals surface area contributed by atoms with E-state index < -0.39 is 45.6 Å². The number of rotatable bonds is 10. The van der Waals surface area contributed by atoms with E-state index in [1.807, 2.05) is 0 Å². The number of carboxylic acid groups (broad SMARTS) is 1. The number of carbonyl (C=O) groups is 3. The average Bonchev–Trinajstić information content (AvgIpc) is 3.16. The van der Waals surface area contributed by atoms with Crippen molar-refractivity contribution in [2.75, 3.05) is 11.9 Å². The molecule has 0 bridgehead atoms. The van der Waals surface area contributed by atoms with Crippen LogP contribution in [0.4, 0.5) is 5.82 Å². The maximum atomic E-state index is 13.4. The molecule has 2 amide bonds. The molecule has 4 rings (SSSR count). The maximum absolute atomic E-state index is 13.4. The molecule has 0 radical (unpaired) electrons. The van der Waals surface area contributed by atoms with E-state index in [-0.39, 0.29) is 23.6 Å². The van der Waals surface area contributed by atoms with Crippen molar-refractivity contribution in [3.63, 3.8) is 0 Å². The minimum atomic E-state index is -3.86. The van der Waals surface area contributed by atoms with E-state index in [1.165, 1.54) is 58.4 Å². The Morgan fingerprint density at radius 3 is 2.57 bits per heavy atom. The van der Waals surface area contributed by atoms with E-state index >= 15 is 0 Å². The fraction of sp³-hybridized carbons (Fsp3) is 0.333. The van der Waals surface area contributed by atoms with Gasteiger partial charge in [-0.25, -0.2) is 28.0 Å². The number of nitrogens with zero attached hydrogens (tertiary/aromatic N) is 5. The zero-order valence-corrected chi connectivity index (χ0v) is 21.3. The summed E-state index contributed by atoms with van der Waals surface area (Å²) in [6.45, 7) is 1.60. The number of sulfonamides is 1. The van der Waals surface area contributed by atoms with Gasteiger partial charge < -0.3 is 15.2 Å². The van der Waals surface area contributed by atoms with Gasteiger partial charge in [-0.2, -0.15) is 0 Å². The van der Waals surface area contributed by atoms with Crippen molar-refractivity contribution in [3.05, 3.63) is 47.0 Å². The Labute approximate surface area is 215 Å². The molecular formula is C21H23N7O7S2. The number of ether oxygens (including phenoxy) is 1. The number of nitrogens with one attached hydrogen (secondary N) is 1. The summed E-state index contributed by atoms with van der Waals surface area (Å²) >= 11 is 1.32. The molecule has 1 aliphatic rings. The van der Waals surface area contributed by atoms with Crippen molar-refractivity contribution in [2.45, 2.75) is 42.4 Å². The first-order chi connectivity index (χ1) is 17.5. The summed E-state index contributed by atoms with van der Waals surface area (Å²) in [5, 5.41) is 26.8. The Balaban J connectivity index is 1.52. The molecule has 0 spiro atoms. The molecule has 0 aliphatic carbocycles. The van der Waals surface area contributed by atoms with Crippen LogP contribution in [0.1, 0.15) is 19.0 Å². The van der Waals surface area contributed by atoms with Crippen LogP contribution in [-0.2, 0) is 35.6 Å². The first kappa shape index (κ1) is 26.3. The molecule has 2 aromatic heterocycles. The average molecular weight is 550 g/mol. The second kappa shape index (κ2) is 9.97. The minimum absolute atomic E-state index is 0.0560. The van der Waals surface area contributed by atoms with E-state index in [2.05, 4.69) is 20.6 Å². The number of carbonyl (C=O) groups excluding carboxylic acids is 2. The summed E-state index contributed by atoms with van der Waals surface area (Å²) in [5.41, 5.74) is 1.01. The number of primary sulfonamides is 1. The number of aliphatic carboxylic acids is 1. The molecule has 0 unspecified atom stereocenters. The van der Waals surface area contributed by atoms with Gasteiger partial charge >= 0.3 is 5.97 Å². The molecule has 1 aromatic carbocycles. The fourth-order valence-electron chi connectivity index (χ4n) is 3.69. The van der Waals surface area contributed by atoms with Crippen molar-refractivity contribution in [3.8, 4) is 5.69 Å². The quantitative estimate of drug-likeness (QED) is 0.282. The lowest BCUT2D eigenvalue weighted by molar-refractivity contribution is -0.143. The molecule has 3 aromatic rings. The third kappa shape index (κ3) is 5.36. The largest absolute Gasteiger partial charge is 0.479 e. The molecule has 196 valence electrons. The topological polar surface area (TPSA) is 203 Å². The summed E-state index contributed by atoms with van der Waals surface area (Å²) in [4.78, 5) is 43.0. The number of hydrogen-bond acceptors (Lipinski definition) is 10. The number of epoxide rings is 1. The van der Waals surface area contributed by atoms with E-state index in [4.69, 9.17) is 9.88 Å². The SMILES string of the molecule is CC[C@]1(C(=O)O)O[C@@H]1C(=O)N[C@@H](Cc1cscn1)C(=O)N(C)c1cn(-c2ccc(S(N)(=O)=O)cc2)nn1. The van der Waals surface area contributed by atoms with Crippen LogP contribution >= 0.6 is 11.3 Å². The van der Waals surface area contributed by atoms with Crippen LogP contribution in [0.2, 0.25) is 0 Å². The Morgan fingerprint density at radius 1 is 1.32 bits per heavy atom. The number of amides is 2. The van der Waals surface area contributed by atoms with Gasteiger partial charge in [0, 0.05) is 18.8 Å². The Morgan fingerprint density at radius 2 is 2.03 bits per heavy atom. The highest BCUT2D eigenvalue weighted by Crippen LogP contribution is 2.40. The van der Waals surface area contributed by atoms with Crippen LogP contribution in [0.5, 0.6) is 0 Å². The predicted octanol–water partition coefficient (Wildman–Crippen LogP) is -0.306. The van der Waals surface area contributed by atoms with Crippen molar-refractivity contribution < 1.29 is 32.6 Å². The summed E-state index contributed by atoms with van der Waals surface area (Å²) in [6, 6.07) is 4.49. The number of aromatic nitrogens is 4. The predicted molar refractivity (Wildman–Crippen MR) is 129 cm³/mol. The summed E-state index contributed by atoms with van der Waals surface area (Å²) in [6.07, 6.45) is 0.377. The van der Waals surface area contributed by atoms with Gasteiger partial charge in [0.1, 0.15) is 6.04 Å². The van der Waals surface area contributed by atoms with E-state index in [1.54, 1.807) is 17.8 Å². The summed E-state index contributed by atoms with van der Waals surface area (Å²) in [7, 11) is -2.41. The second-order valence-corrected chi connectivity index (χ2v) is 10.5. The number of nitrogens with two attached hydrogens (primary N) is 1. The van der Waals surface area contributed by atoms with Crippen LogP contribution in [0.3, 0.4) is 0 Å². The Kier molecular flexibility index (Phi) is 7.09. The summed E-state index contributed by atoms with van der Waals surface area (Å²) < 4.78 is 29.5. The van der Waals surface area contributed by atoms with Crippen LogP contribution in [-0.4, -0.2) is 76.1 Å². The first-order valence-corrected chi connectivity index (χ1v) is 13.4. The van der Waals surface area contributed by atoms with E-state index in [0.29, 0.717) is 11.4 Å². The highest BCUT2D eigenvalue weighted by Gasteiger charge is 2.65. The molecule has 3 atom stereocenters. The normalized spacial score (nSPS) is 19.7. The van der Waals surface area contributed by atoms with Crippen molar-refractivity contribution in [1.82, 2.24) is 25.3 Å². The van der Waals surface area contributed by atoms with Gasteiger partial charge in [0.2, 0.25) is 15.6 Å². The van der Waals surface area contributed by atoms with Crippen molar-refractivity contribution in [2.24, 2.45) is 5.14 Å². The van der Waals surface area contributed by atoms with E-state index in [0.717, 1.165) is 0 Å². The maximum Gasteiger partial charge on any atom is 0.339 e. The zero-order chi connectivity index (χ0) is 27.0. The van der Waals surface area contributed by atoms with Crippen molar-refractivity contribution >= 4 is 45.0 Å². The van der Waals surface area contributed by atoms with E-state index in [9.17, 15) is 27.9 Å². The standard InChI is InChI=1S/C21H23N7O7S2/c1-3-21(20(31)32)17(35-21)18(29)24-15(8-12-10-36-11-23-12)19(30)27(2)16-9-28(26-25-16)13-4-6-14(7-5-13)37(22,33)34/h4-7,9-11,15,17H,3,8H2,1-2H3,(H,24,29)(H,31,32)(H2,22,33,34)/t15-,17+,21-/m0/s1. The number of carboxylic acids is 1. The number of thiazole rings is 1. The van der Waals surface area contributed by atoms with Crippen LogP contribution < -0.4 is 15.4 Å². The monoisotopic (exact) mass is 549 g/mol. The smallest absolute Gasteiger partial charge is 0.339 e. The van der Waals surface area contributed by atoms with Gasteiger partial charge in [-0.05, 0) is 30.7 Å². The molecule has 1 fully saturated rings. The highest BCUT2D eigenvalue weighted by molar-refractivity contribution is 7.89. The van der Waals surface area contributed by atoms with Crippen LogP contribution in [0, 0.1) is 0 Å². The lowest BCUT2D eigenvalue weighted by Gasteiger charge is -2.22. The van der Waals surface area contributed by atoms with Crippen LogP contribution in [0.25, 0.3) is 5.69 Å². The van der Waals surface area contributed by atoms with Gasteiger partial charge in [-0.1, -0.05) is 12.1 Å². The lowest BCUT2D eigenvalue weighted by Crippen LogP contribution is -2.51. The first-order valence-electron chi connectivity index (χ1n) is 10.9. The Hall–Kier alpha value is -3.73. The molecule has 14 nitrogen and oxygen atoms in total. The van der Waals surface area contributed by atoms with Crippen LogP contribution in [0.15, 0.2) is 46.2 Å². The third-order valence-electron chi connectivity index (χ3n) is 5.92. The molecule has 1 aliphatic heterocycles. The minimum Gasteiger partial charge on any atom is -0.479 e. The molecule has 4 N–H and O–H groups in total. The second-order valence-electron chi connectivity index (χ2n) is 8.25. The third-order valence-corrected chi connectivity index (χ3v) is 7.48. The molecular weight excluding hydrogens is 526 g/mol. The van der Waals surface area contributed by atoms with Gasteiger partial charge in [0.15, 0.2) is 11.9 Å². The molecule has 37 heavy (non-hydrogen) atoms. The lowest BCUT2D eigenvalue weighted by atomic mass is 10.0. The number of benzene rings is 1. The van der Waals surface area contributed by atoms with Gasteiger partial charge in [0.05, 0.1) is 28.0 Å². The molecule has 16 heteroatoms. The summed E-state index contributed by atoms with van der Waals surface area (Å²) in [5.74, 6) is -2.36. The fourth-order valence-corrected chi connectivity index (χ4v) is 4.78. The Bertz CT molecular complexity index is 1420. The van der Waals surface area contributed by atoms with Gasteiger partial charge in [-0.3, -0.25) is 14.5 Å². The zero-order valence-electron chi connectivity index (χ0n) is 19.6. The van der Waals surface area contributed by atoms with Crippen molar-refractivity contribution in [1.29, 1.82) is 0 Å². The number of anilines is 1. The number of likely N-dealkylation sites (N-methyl/N-ethyl adjacent to an activating group) is 1. The van der Waals surface area contributed by atoms with Gasteiger partial charge in [-0.15, -0.1) is 16.4 Å². The molecule has 1 saturated heterocycles. The molecule has 0 saturated carbocycles. The highest BCUT2D eigenvalue weighted by atomic mass is 32.2. The number of hydrogen-bond donors (Lipinski definition) is 3.